The Morgan fingerprint density at radius 2 is 2.24 bits per heavy atom. The average Bonchev–Trinajstić information content (AvgIpc) is 3.07. The Bertz CT molecular complexity index is 648. The van der Waals surface area contributed by atoms with E-state index in [2.05, 4.69) is 20.0 Å². The number of aromatic amines is 1. The number of hydrogen-bond donors (Lipinski definition) is 3. The number of aromatic nitrogens is 2. The molecule has 116 valence electrons. The molecule has 3 N–H and O–H groups in total. The molecule has 0 aliphatic rings. The first kappa shape index (κ1) is 16.2. The summed E-state index contributed by atoms with van der Waals surface area (Å²) in [5.74, 6) is 0.768. The topological polar surface area (TPSA) is 86.9 Å². The van der Waals surface area contributed by atoms with Crippen LogP contribution in [-0.4, -0.2) is 31.0 Å². The molecule has 2 aromatic heterocycles. The summed E-state index contributed by atoms with van der Waals surface area (Å²) in [7, 11) is -3.47. The molecule has 21 heavy (non-hydrogen) atoms. The third-order valence-electron chi connectivity index (χ3n) is 2.87. The standard InChI is InChI=1S/C13H20N4O2S2/c1-10(2)16-9-11-12(4-8-20-11)21(18,19)17-5-3-13-14-6-7-15-13/h4,6-8,10,16-17H,3,5,9H2,1-2H3,(H,14,15). The molecule has 2 aromatic rings. The van der Waals surface area contributed by atoms with Crippen molar-refractivity contribution in [3.8, 4) is 0 Å². The Labute approximate surface area is 129 Å². The second-order valence-corrected chi connectivity index (χ2v) is 7.66. The lowest BCUT2D eigenvalue weighted by Gasteiger charge is -2.10. The molecule has 0 atom stereocenters. The fourth-order valence-electron chi connectivity index (χ4n) is 1.81. The van der Waals surface area contributed by atoms with E-state index in [1.165, 1.54) is 11.3 Å². The normalized spacial score (nSPS) is 12.1. The van der Waals surface area contributed by atoms with Crippen molar-refractivity contribution in [3.63, 3.8) is 0 Å². The summed E-state index contributed by atoms with van der Waals surface area (Å²) in [6.07, 6.45) is 3.91. The first-order valence-corrected chi connectivity index (χ1v) is 9.13. The van der Waals surface area contributed by atoms with Crippen molar-refractivity contribution in [1.29, 1.82) is 0 Å². The smallest absolute Gasteiger partial charge is 0.241 e. The zero-order valence-corrected chi connectivity index (χ0v) is 13.7. The molecule has 2 heterocycles. The van der Waals surface area contributed by atoms with Gasteiger partial charge in [0.05, 0.1) is 4.90 Å². The van der Waals surface area contributed by atoms with Crippen molar-refractivity contribution < 1.29 is 8.42 Å². The van der Waals surface area contributed by atoms with E-state index < -0.39 is 10.0 Å². The lowest BCUT2D eigenvalue weighted by atomic mass is 10.4. The molecular formula is C13H20N4O2S2. The zero-order chi connectivity index (χ0) is 15.3. The lowest BCUT2D eigenvalue weighted by molar-refractivity contribution is 0.571. The SMILES string of the molecule is CC(C)NCc1sccc1S(=O)(=O)NCCc1ncc[nH]1. The number of rotatable bonds is 8. The molecule has 6 nitrogen and oxygen atoms in total. The molecule has 0 fully saturated rings. The monoisotopic (exact) mass is 328 g/mol. The highest BCUT2D eigenvalue weighted by atomic mass is 32.2. The van der Waals surface area contributed by atoms with Crippen LogP contribution in [-0.2, 0) is 23.0 Å². The molecule has 0 saturated carbocycles. The van der Waals surface area contributed by atoms with Gasteiger partial charge >= 0.3 is 0 Å². The predicted molar refractivity (Wildman–Crippen MR) is 83.8 cm³/mol. The van der Waals surface area contributed by atoms with Gasteiger partial charge in [0.2, 0.25) is 10.0 Å². The van der Waals surface area contributed by atoms with Gasteiger partial charge < -0.3 is 10.3 Å². The van der Waals surface area contributed by atoms with Gasteiger partial charge in [0.1, 0.15) is 5.82 Å². The summed E-state index contributed by atoms with van der Waals surface area (Å²) in [5.41, 5.74) is 0. The number of nitrogens with zero attached hydrogens (tertiary/aromatic N) is 1. The maximum atomic E-state index is 12.3. The number of hydrogen-bond acceptors (Lipinski definition) is 5. The Morgan fingerprint density at radius 1 is 1.43 bits per heavy atom. The minimum Gasteiger partial charge on any atom is -0.349 e. The maximum absolute atomic E-state index is 12.3. The first-order valence-electron chi connectivity index (χ1n) is 6.76. The number of sulfonamides is 1. The van der Waals surface area contributed by atoms with Gasteiger partial charge in [-0.1, -0.05) is 13.8 Å². The molecule has 0 bridgehead atoms. The van der Waals surface area contributed by atoms with Gasteiger partial charge in [-0.25, -0.2) is 18.1 Å². The summed E-state index contributed by atoms with van der Waals surface area (Å²) >= 11 is 1.45. The highest BCUT2D eigenvalue weighted by molar-refractivity contribution is 7.89. The van der Waals surface area contributed by atoms with E-state index in [9.17, 15) is 8.42 Å². The Kier molecular flexibility index (Phi) is 5.51. The number of H-pyrrole nitrogens is 1. The van der Waals surface area contributed by atoms with Crippen molar-refractivity contribution in [1.82, 2.24) is 20.0 Å². The molecule has 0 saturated heterocycles. The van der Waals surface area contributed by atoms with Crippen LogP contribution in [0, 0.1) is 0 Å². The third-order valence-corrected chi connectivity index (χ3v) is 5.47. The van der Waals surface area contributed by atoms with Gasteiger partial charge in [0.25, 0.3) is 0 Å². The quantitative estimate of drug-likeness (QED) is 0.685. The predicted octanol–water partition coefficient (Wildman–Crippen LogP) is 1.49. The molecule has 0 amide bonds. The molecule has 0 aliphatic carbocycles. The van der Waals surface area contributed by atoms with Gasteiger partial charge in [-0.3, -0.25) is 0 Å². The van der Waals surface area contributed by atoms with Crippen LogP contribution in [0.2, 0.25) is 0 Å². The molecular weight excluding hydrogens is 308 g/mol. The third kappa shape index (κ3) is 4.63. The molecule has 8 heteroatoms. The van der Waals surface area contributed by atoms with Crippen LogP contribution in [0.3, 0.4) is 0 Å². The molecule has 2 rings (SSSR count). The first-order chi connectivity index (χ1) is 9.99. The summed E-state index contributed by atoms with van der Waals surface area (Å²) in [6, 6.07) is 1.96. The molecule has 0 spiro atoms. The summed E-state index contributed by atoms with van der Waals surface area (Å²) < 4.78 is 27.3. The van der Waals surface area contributed by atoms with E-state index in [0.29, 0.717) is 30.4 Å². The fourth-order valence-corrected chi connectivity index (χ4v) is 4.23. The number of nitrogens with one attached hydrogen (secondary N) is 3. The Balaban J connectivity index is 1.97. The van der Waals surface area contributed by atoms with Crippen LogP contribution in [0.5, 0.6) is 0 Å². The van der Waals surface area contributed by atoms with E-state index in [0.717, 1.165) is 10.7 Å². The van der Waals surface area contributed by atoms with E-state index >= 15 is 0 Å². The van der Waals surface area contributed by atoms with E-state index in [1.807, 2.05) is 13.8 Å². The zero-order valence-electron chi connectivity index (χ0n) is 12.1. The van der Waals surface area contributed by atoms with Crippen molar-refractivity contribution in [3.05, 3.63) is 34.5 Å². The van der Waals surface area contributed by atoms with Crippen molar-refractivity contribution in [2.75, 3.05) is 6.54 Å². The van der Waals surface area contributed by atoms with Crippen LogP contribution in [0.4, 0.5) is 0 Å². The minimum atomic E-state index is -3.47. The van der Waals surface area contributed by atoms with Gasteiger partial charge in [-0.2, -0.15) is 0 Å². The number of imidazole rings is 1. The van der Waals surface area contributed by atoms with Crippen molar-refractivity contribution >= 4 is 21.4 Å². The summed E-state index contributed by atoms with van der Waals surface area (Å²) in [4.78, 5) is 8.20. The van der Waals surface area contributed by atoms with Crippen LogP contribution >= 0.6 is 11.3 Å². The van der Waals surface area contributed by atoms with Crippen molar-refractivity contribution in [2.24, 2.45) is 0 Å². The molecule has 0 aromatic carbocycles. The van der Waals surface area contributed by atoms with Gasteiger partial charge in [0.15, 0.2) is 0 Å². The van der Waals surface area contributed by atoms with Crippen molar-refractivity contribution in [2.45, 2.75) is 37.8 Å². The molecule has 0 aliphatic heterocycles. The van der Waals surface area contributed by atoms with Crippen LogP contribution in [0.1, 0.15) is 24.5 Å². The second kappa shape index (κ2) is 7.17. The minimum absolute atomic E-state index is 0.314. The van der Waals surface area contributed by atoms with Gasteiger partial charge in [-0.15, -0.1) is 11.3 Å². The highest BCUT2D eigenvalue weighted by Gasteiger charge is 2.19. The maximum Gasteiger partial charge on any atom is 0.241 e. The van der Waals surface area contributed by atoms with E-state index in [-0.39, 0.29) is 0 Å². The average molecular weight is 328 g/mol. The van der Waals surface area contributed by atoms with Crippen LogP contribution in [0.15, 0.2) is 28.7 Å². The van der Waals surface area contributed by atoms with Crippen LogP contribution in [0.25, 0.3) is 0 Å². The van der Waals surface area contributed by atoms with Gasteiger partial charge in [0, 0.05) is 42.8 Å². The van der Waals surface area contributed by atoms with Gasteiger partial charge in [-0.05, 0) is 11.4 Å². The molecule has 0 radical (unpaired) electrons. The fraction of sp³-hybridized carbons (Fsp3) is 0.462. The summed E-state index contributed by atoms with van der Waals surface area (Å²) in [6.45, 7) is 4.94. The second-order valence-electron chi connectivity index (χ2n) is 4.93. The van der Waals surface area contributed by atoms with E-state index in [4.69, 9.17) is 0 Å². The lowest BCUT2D eigenvalue weighted by Crippen LogP contribution is -2.28. The summed E-state index contributed by atoms with van der Waals surface area (Å²) in [5, 5.41) is 5.05. The number of thiophene rings is 1. The van der Waals surface area contributed by atoms with Crippen LogP contribution < -0.4 is 10.0 Å². The highest BCUT2D eigenvalue weighted by Crippen LogP contribution is 2.21. The molecule has 0 unspecified atom stereocenters. The largest absolute Gasteiger partial charge is 0.349 e. The Morgan fingerprint density at radius 3 is 2.90 bits per heavy atom. The van der Waals surface area contributed by atoms with E-state index in [1.54, 1.807) is 23.8 Å². The Hall–Kier alpha value is -1.22.